The van der Waals surface area contributed by atoms with Crippen molar-refractivity contribution in [1.29, 1.82) is 0 Å². The fraction of sp³-hybridized carbons (Fsp3) is 0.500. The first kappa shape index (κ1) is 10.8. The Labute approximate surface area is 102 Å². The molecule has 0 spiro atoms. The number of nitrogens with one attached hydrogen (secondary N) is 1. The molecule has 3 rings (SSSR count). The Morgan fingerprint density at radius 1 is 1.35 bits per heavy atom. The van der Waals surface area contributed by atoms with Crippen molar-refractivity contribution < 1.29 is 0 Å². The van der Waals surface area contributed by atoms with Gasteiger partial charge in [0.1, 0.15) is 5.82 Å². The molecule has 0 aliphatic heterocycles. The van der Waals surface area contributed by atoms with Gasteiger partial charge in [-0.15, -0.1) is 0 Å². The molecule has 0 amide bonds. The van der Waals surface area contributed by atoms with E-state index in [1.54, 1.807) is 0 Å². The van der Waals surface area contributed by atoms with Crippen LogP contribution in [0, 0.1) is 0 Å². The Hall–Kier alpha value is -1.35. The predicted molar refractivity (Wildman–Crippen MR) is 69.8 cm³/mol. The lowest BCUT2D eigenvalue weighted by Gasteiger charge is -2.39. The summed E-state index contributed by atoms with van der Waals surface area (Å²) in [5.41, 5.74) is 2.65. The molecule has 3 nitrogen and oxygen atoms in total. The third kappa shape index (κ3) is 1.84. The SMILES string of the molecule is Cn1c(CNC2(C)CCC2)nc2ccccc21. The summed E-state index contributed by atoms with van der Waals surface area (Å²) >= 11 is 0. The van der Waals surface area contributed by atoms with Crippen LogP contribution in [0.2, 0.25) is 0 Å². The molecule has 1 aromatic heterocycles. The zero-order chi connectivity index (χ0) is 11.9. The summed E-state index contributed by atoms with van der Waals surface area (Å²) in [7, 11) is 2.09. The fourth-order valence-corrected chi connectivity index (χ4v) is 2.53. The average molecular weight is 229 g/mol. The molecular weight excluding hydrogens is 210 g/mol. The average Bonchev–Trinajstić information content (AvgIpc) is 2.62. The molecule has 1 aliphatic rings. The Kier molecular flexibility index (Phi) is 2.44. The van der Waals surface area contributed by atoms with Crippen molar-refractivity contribution >= 4 is 11.0 Å². The number of hydrogen-bond donors (Lipinski definition) is 1. The van der Waals surface area contributed by atoms with Gasteiger partial charge < -0.3 is 9.88 Å². The minimum Gasteiger partial charge on any atom is -0.330 e. The number of hydrogen-bond acceptors (Lipinski definition) is 2. The maximum absolute atomic E-state index is 4.67. The molecule has 1 saturated carbocycles. The number of nitrogens with zero attached hydrogens (tertiary/aromatic N) is 2. The minimum absolute atomic E-state index is 0.345. The first-order valence-electron chi connectivity index (χ1n) is 6.33. The number of aromatic nitrogens is 2. The van der Waals surface area contributed by atoms with Crippen molar-refractivity contribution in [2.75, 3.05) is 0 Å². The molecule has 17 heavy (non-hydrogen) atoms. The van der Waals surface area contributed by atoms with Gasteiger partial charge in [0.25, 0.3) is 0 Å². The first-order chi connectivity index (χ1) is 8.18. The summed E-state index contributed by atoms with van der Waals surface area (Å²) in [6, 6.07) is 8.30. The van der Waals surface area contributed by atoms with Gasteiger partial charge in [0, 0.05) is 12.6 Å². The Bertz CT molecular complexity index is 537. The van der Waals surface area contributed by atoms with Gasteiger partial charge in [-0.05, 0) is 38.3 Å². The number of benzene rings is 1. The third-order valence-electron chi connectivity index (χ3n) is 4.01. The van der Waals surface area contributed by atoms with E-state index in [2.05, 4.69) is 47.0 Å². The number of imidazole rings is 1. The first-order valence-corrected chi connectivity index (χ1v) is 6.33. The van der Waals surface area contributed by atoms with E-state index in [1.165, 1.54) is 24.8 Å². The van der Waals surface area contributed by atoms with E-state index < -0.39 is 0 Å². The molecule has 2 aromatic rings. The molecule has 1 aliphatic carbocycles. The molecule has 3 heteroatoms. The molecule has 0 atom stereocenters. The molecule has 1 heterocycles. The number of rotatable bonds is 3. The maximum Gasteiger partial charge on any atom is 0.123 e. The minimum atomic E-state index is 0.345. The summed E-state index contributed by atoms with van der Waals surface area (Å²) in [5, 5.41) is 3.63. The maximum atomic E-state index is 4.67. The zero-order valence-electron chi connectivity index (χ0n) is 10.5. The van der Waals surface area contributed by atoms with Crippen molar-refractivity contribution in [2.45, 2.75) is 38.3 Å². The summed E-state index contributed by atoms with van der Waals surface area (Å²) in [4.78, 5) is 4.67. The van der Waals surface area contributed by atoms with Crippen LogP contribution < -0.4 is 5.32 Å². The van der Waals surface area contributed by atoms with E-state index in [4.69, 9.17) is 0 Å². The van der Waals surface area contributed by atoms with Crippen molar-refractivity contribution in [1.82, 2.24) is 14.9 Å². The monoisotopic (exact) mass is 229 g/mol. The molecule has 1 aromatic carbocycles. The highest BCUT2D eigenvalue weighted by atomic mass is 15.1. The van der Waals surface area contributed by atoms with E-state index in [0.717, 1.165) is 17.9 Å². The normalized spacial score (nSPS) is 18.2. The molecule has 1 N–H and O–H groups in total. The highest BCUT2D eigenvalue weighted by molar-refractivity contribution is 5.75. The molecule has 0 radical (unpaired) electrons. The predicted octanol–water partition coefficient (Wildman–Crippen LogP) is 2.61. The Morgan fingerprint density at radius 3 is 2.76 bits per heavy atom. The van der Waals surface area contributed by atoms with E-state index >= 15 is 0 Å². The van der Waals surface area contributed by atoms with Crippen LogP contribution in [0.1, 0.15) is 32.0 Å². The van der Waals surface area contributed by atoms with Crippen LogP contribution in [0.15, 0.2) is 24.3 Å². The van der Waals surface area contributed by atoms with Gasteiger partial charge in [-0.1, -0.05) is 12.1 Å². The number of aryl methyl sites for hydroxylation is 1. The second-order valence-corrected chi connectivity index (χ2v) is 5.34. The van der Waals surface area contributed by atoms with E-state index in [-0.39, 0.29) is 0 Å². The van der Waals surface area contributed by atoms with E-state index in [0.29, 0.717) is 5.54 Å². The summed E-state index contributed by atoms with van der Waals surface area (Å²) < 4.78 is 2.18. The number of fused-ring (bicyclic) bond motifs is 1. The van der Waals surface area contributed by atoms with Gasteiger partial charge in [-0.2, -0.15) is 0 Å². The lowest BCUT2D eigenvalue weighted by Crippen LogP contribution is -2.47. The van der Waals surface area contributed by atoms with Gasteiger partial charge in [-0.3, -0.25) is 0 Å². The van der Waals surface area contributed by atoms with Gasteiger partial charge >= 0.3 is 0 Å². The standard InChI is InChI=1S/C14H19N3/c1-14(8-5-9-14)15-10-13-16-11-6-3-4-7-12(11)17(13)2/h3-4,6-7,15H,5,8-10H2,1-2H3. The molecule has 1 fully saturated rings. The largest absolute Gasteiger partial charge is 0.330 e. The smallest absolute Gasteiger partial charge is 0.123 e. The van der Waals surface area contributed by atoms with Crippen molar-refractivity contribution in [3.05, 3.63) is 30.1 Å². The summed E-state index contributed by atoms with van der Waals surface area (Å²) in [6.45, 7) is 3.17. The van der Waals surface area contributed by atoms with Gasteiger partial charge in [0.15, 0.2) is 0 Å². The zero-order valence-corrected chi connectivity index (χ0v) is 10.5. The van der Waals surface area contributed by atoms with E-state index in [1.807, 2.05) is 6.07 Å². The fourth-order valence-electron chi connectivity index (χ4n) is 2.53. The van der Waals surface area contributed by atoms with Gasteiger partial charge in [-0.25, -0.2) is 4.98 Å². The topological polar surface area (TPSA) is 29.9 Å². The molecule has 0 bridgehead atoms. The summed E-state index contributed by atoms with van der Waals surface area (Å²) in [6.07, 6.45) is 3.93. The Morgan fingerprint density at radius 2 is 2.12 bits per heavy atom. The molecular formula is C14H19N3. The molecule has 90 valence electrons. The molecule has 0 unspecified atom stereocenters. The van der Waals surface area contributed by atoms with Gasteiger partial charge in [0.05, 0.1) is 17.6 Å². The molecule has 0 saturated heterocycles. The third-order valence-corrected chi connectivity index (χ3v) is 4.01. The highest BCUT2D eigenvalue weighted by Crippen LogP contribution is 2.31. The van der Waals surface area contributed by atoms with Crippen LogP contribution in [-0.2, 0) is 13.6 Å². The van der Waals surface area contributed by atoms with Gasteiger partial charge in [0.2, 0.25) is 0 Å². The van der Waals surface area contributed by atoms with E-state index in [9.17, 15) is 0 Å². The Balaban J connectivity index is 1.83. The summed E-state index contributed by atoms with van der Waals surface area (Å²) in [5.74, 6) is 1.12. The van der Waals surface area contributed by atoms with Crippen LogP contribution in [-0.4, -0.2) is 15.1 Å². The van der Waals surface area contributed by atoms with Crippen LogP contribution in [0.5, 0.6) is 0 Å². The quantitative estimate of drug-likeness (QED) is 0.876. The van der Waals surface area contributed by atoms with Crippen molar-refractivity contribution in [2.24, 2.45) is 7.05 Å². The lowest BCUT2D eigenvalue weighted by molar-refractivity contribution is 0.204. The van der Waals surface area contributed by atoms with Crippen molar-refractivity contribution in [3.63, 3.8) is 0 Å². The second-order valence-electron chi connectivity index (χ2n) is 5.34. The van der Waals surface area contributed by atoms with Crippen LogP contribution in [0.3, 0.4) is 0 Å². The number of para-hydroxylation sites is 2. The van der Waals surface area contributed by atoms with Crippen LogP contribution in [0.25, 0.3) is 11.0 Å². The highest BCUT2D eigenvalue weighted by Gasteiger charge is 2.31. The van der Waals surface area contributed by atoms with Crippen molar-refractivity contribution in [3.8, 4) is 0 Å². The van der Waals surface area contributed by atoms with Crippen LogP contribution in [0.4, 0.5) is 0 Å². The van der Waals surface area contributed by atoms with Crippen LogP contribution >= 0.6 is 0 Å². The lowest BCUT2D eigenvalue weighted by atomic mass is 9.78. The second kappa shape index (κ2) is 3.84.